The van der Waals surface area contributed by atoms with Crippen LogP contribution in [0, 0.1) is 5.92 Å². The van der Waals surface area contributed by atoms with Gasteiger partial charge in [-0.1, -0.05) is 67.9 Å². The molecule has 0 radical (unpaired) electrons. The zero-order valence-electron chi connectivity index (χ0n) is 10.8. The normalized spacial score (nSPS) is 19.9. The summed E-state index contributed by atoms with van der Waals surface area (Å²) >= 11 is 17.8. The molecule has 1 saturated carbocycles. The van der Waals surface area contributed by atoms with E-state index in [-0.39, 0.29) is 11.8 Å². The highest BCUT2D eigenvalue weighted by atomic mass is 35.6. The smallest absolute Gasteiger partial charge is 0.223 e. The third-order valence-electron chi connectivity index (χ3n) is 3.15. The second-order valence-electron chi connectivity index (χ2n) is 5.14. The number of carbonyl (C=O) groups excluding carboxylic acids is 1. The first-order chi connectivity index (χ1) is 8.30. The lowest BCUT2D eigenvalue weighted by atomic mass is 9.95. The highest BCUT2D eigenvalue weighted by molar-refractivity contribution is 6.68. The van der Waals surface area contributed by atoms with Crippen LogP contribution in [0.1, 0.15) is 46.0 Å². The van der Waals surface area contributed by atoms with E-state index in [2.05, 4.69) is 10.6 Å². The number of alkyl halides is 3. The van der Waals surface area contributed by atoms with Crippen molar-refractivity contribution in [3.05, 3.63) is 0 Å². The third-order valence-corrected chi connectivity index (χ3v) is 3.80. The third kappa shape index (κ3) is 5.52. The Morgan fingerprint density at radius 2 is 1.72 bits per heavy atom. The van der Waals surface area contributed by atoms with Crippen LogP contribution in [0.15, 0.2) is 0 Å². The van der Waals surface area contributed by atoms with Gasteiger partial charge in [0.15, 0.2) is 0 Å². The Bertz CT molecular complexity index is 273. The molecule has 2 N–H and O–H groups in total. The molecule has 1 rings (SSSR count). The van der Waals surface area contributed by atoms with E-state index in [1.165, 1.54) is 19.3 Å². The number of hydrogen-bond donors (Lipinski definition) is 2. The minimum Gasteiger partial charge on any atom is -0.336 e. The molecule has 6 heteroatoms. The summed E-state index contributed by atoms with van der Waals surface area (Å²) in [7, 11) is 0. The van der Waals surface area contributed by atoms with Crippen LogP contribution >= 0.6 is 34.8 Å². The maximum Gasteiger partial charge on any atom is 0.223 e. The zero-order valence-corrected chi connectivity index (χ0v) is 13.1. The first kappa shape index (κ1) is 16.4. The van der Waals surface area contributed by atoms with Gasteiger partial charge in [-0.15, -0.1) is 0 Å². The van der Waals surface area contributed by atoms with Crippen LogP contribution in [0.5, 0.6) is 0 Å². The van der Waals surface area contributed by atoms with E-state index in [4.69, 9.17) is 34.8 Å². The molecule has 0 aromatic rings. The summed E-state index contributed by atoms with van der Waals surface area (Å²) in [5, 5.41) is 6.01. The molecule has 1 atom stereocenters. The summed E-state index contributed by atoms with van der Waals surface area (Å²) in [6.45, 7) is 3.62. The molecular weight excluding hydrogens is 295 g/mol. The van der Waals surface area contributed by atoms with E-state index in [1.807, 2.05) is 13.8 Å². The average molecular weight is 316 g/mol. The first-order valence-corrected chi connectivity index (χ1v) is 7.57. The number of nitrogens with one attached hydrogen (secondary N) is 2. The number of halogens is 3. The van der Waals surface area contributed by atoms with Crippen molar-refractivity contribution in [2.75, 3.05) is 0 Å². The molecule has 1 fully saturated rings. The minimum atomic E-state index is -1.54. The molecule has 1 aliphatic carbocycles. The van der Waals surface area contributed by atoms with Crippen LogP contribution < -0.4 is 10.6 Å². The number of rotatable bonds is 4. The van der Waals surface area contributed by atoms with Crippen molar-refractivity contribution in [2.45, 2.75) is 62.0 Å². The van der Waals surface area contributed by atoms with Gasteiger partial charge in [0, 0.05) is 12.0 Å². The lowest BCUT2D eigenvalue weighted by Crippen LogP contribution is -2.57. The summed E-state index contributed by atoms with van der Waals surface area (Å²) < 4.78 is -1.54. The lowest BCUT2D eigenvalue weighted by Gasteiger charge is -2.33. The van der Waals surface area contributed by atoms with Gasteiger partial charge in [0.2, 0.25) is 9.70 Å². The molecule has 0 saturated heterocycles. The zero-order chi connectivity index (χ0) is 13.8. The molecule has 0 aromatic carbocycles. The van der Waals surface area contributed by atoms with Crippen LogP contribution in [-0.4, -0.2) is 21.9 Å². The summed E-state index contributed by atoms with van der Waals surface area (Å²) in [6, 6.07) is 0.312. The summed E-state index contributed by atoms with van der Waals surface area (Å²) in [4.78, 5) is 11.7. The largest absolute Gasteiger partial charge is 0.336 e. The Labute approximate surface area is 124 Å². The quantitative estimate of drug-likeness (QED) is 0.617. The maximum atomic E-state index is 11.7. The van der Waals surface area contributed by atoms with Gasteiger partial charge in [0.05, 0.1) is 0 Å². The van der Waals surface area contributed by atoms with E-state index < -0.39 is 9.96 Å². The van der Waals surface area contributed by atoms with Crippen LogP contribution in [0.4, 0.5) is 0 Å². The van der Waals surface area contributed by atoms with E-state index in [0.717, 1.165) is 12.8 Å². The SMILES string of the molecule is CC(C)C(=O)N[C@@H](NC1CCCCC1)C(Cl)(Cl)Cl. The Balaban J connectivity index is 2.58. The highest BCUT2D eigenvalue weighted by Gasteiger charge is 2.35. The lowest BCUT2D eigenvalue weighted by molar-refractivity contribution is -0.125. The van der Waals surface area contributed by atoms with Gasteiger partial charge in [0.1, 0.15) is 6.17 Å². The maximum absolute atomic E-state index is 11.7. The van der Waals surface area contributed by atoms with Crippen LogP contribution in [0.2, 0.25) is 0 Å². The van der Waals surface area contributed by atoms with Crippen molar-refractivity contribution < 1.29 is 4.79 Å². The van der Waals surface area contributed by atoms with Crippen LogP contribution in [-0.2, 0) is 4.79 Å². The molecule has 106 valence electrons. The average Bonchev–Trinajstić information content (AvgIpc) is 2.28. The first-order valence-electron chi connectivity index (χ1n) is 6.44. The molecule has 0 spiro atoms. The minimum absolute atomic E-state index is 0.116. The van der Waals surface area contributed by atoms with Crippen molar-refractivity contribution in [2.24, 2.45) is 5.92 Å². The van der Waals surface area contributed by atoms with Gasteiger partial charge >= 0.3 is 0 Å². The fourth-order valence-corrected chi connectivity index (χ4v) is 2.38. The van der Waals surface area contributed by atoms with Gasteiger partial charge in [-0.05, 0) is 12.8 Å². The molecule has 3 nitrogen and oxygen atoms in total. The van der Waals surface area contributed by atoms with E-state index in [1.54, 1.807) is 0 Å². The van der Waals surface area contributed by atoms with Gasteiger partial charge in [-0.25, -0.2) is 0 Å². The molecule has 0 bridgehead atoms. The van der Waals surface area contributed by atoms with Crippen LogP contribution in [0.25, 0.3) is 0 Å². The Hall–Kier alpha value is 0.300. The molecule has 0 unspecified atom stereocenters. The number of amides is 1. The van der Waals surface area contributed by atoms with E-state index >= 15 is 0 Å². The second kappa shape index (κ2) is 7.18. The summed E-state index contributed by atoms with van der Waals surface area (Å²) in [6.07, 6.45) is 5.11. The number of hydrogen-bond acceptors (Lipinski definition) is 2. The van der Waals surface area contributed by atoms with Crippen molar-refractivity contribution in [3.63, 3.8) is 0 Å². The van der Waals surface area contributed by atoms with Crippen molar-refractivity contribution >= 4 is 40.7 Å². The molecule has 0 aliphatic heterocycles. The van der Waals surface area contributed by atoms with E-state index in [0.29, 0.717) is 6.04 Å². The van der Waals surface area contributed by atoms with Gasteiger partial charge in [-0.2, -0.15) is 0 Å². The monoisotopic (exact) mass is 314 g/mol. The Morgan fingerprint density at radius 1 is 1.17 bits per heavy atom. The van der Waals surface area contributed by atoms with Gasteiger partial charge in [-0.3, -0.25) is 10.1 Å². The molecule has 0 aromatic heterocycles. The summed E-state index contributed by atoms with van der Waals surface area (Å²) in [5.74, 6) is -0.248. The highest BCUT2D eigenvalue weighted by Crippen LogP contribution is 2.30. The predicted molar refractivity (Wildman–Crippen MR) is 77.1 cm³/mol. The van der Waals surface area contributed by atoms with Crippen LogP contribution in [0.3, 0.4) is 0 Å². The fraction of sp³-hybridized carbons (Fsp3) is 0.917. The summed E-state index contributed by atoms with van der Waals surface area (Å²) in [5.41, 5.74) is 0. The second-order valence-corrected chi connectivity index (χ2v) is 7.51. The van der Waals surface area contributed by atoms with Crippen molar-refractivity contribution in [1.82, 2.24) is 10.6 Å². The topological polar surface area (TPSA) is 41.1 Å². The molecular formula is C12H21Cl3N2O. The number of carbonyl (C=O) groups is 1. The predicted octanol–water partition coefficient (Wildman–Crippen LogP) is 3.38. The van der Waals surface area contributed by atoms with Gasteiger partial charge in [0.25, 0.3) is 0 Å². The standard InChI is InChI=1S/C12H21Cl3N2O/c1-8(2)10(18)17-11(12(13,14)15)16-9-6-4-3-5-7-9/h8-9,11,16H,3-7H2,1-2H3,(H,17,18)/t11-/m1/s1. The van der Waals surface area contributed by atoms with Crippen molar-refractivity contribution in [3.8, 4) is 0 Å². The Kier molecular flexibility index (Phi) is 6.52. The fourth-order valence-electron chi connectivity index (χ4n) is 2.03. The molecule has 1 amide bonds. The molecule has 18 heavy (non-hydrogen) atoms. The molecule has 0 heterocycles. The Morgan fingerprint density at radius 3 is 2.17 bits per heavy atom. The molecule has 1 aliphatic rings. The van der Waals surface area contributed by atoms with E-state index in [9.17, 15) is 4.79 Å². The van der Waals surface area contributed by atoms with Crippen molar-refractivity contribution in [1.29, 1.82) is 0 Å². The van der Waals surface area contributed by atoms with Gasteiger partial charge < -0.3 is 5.32 Å².